The Morgan fingerprint density at radius 1 is 1.20 bits per heavy atom. The van der Waals surface area contributed by atoms with Crippen LogP contribution in [0.5, 0.6) is 0 Å². The molecule has 1 amide bonds. The minimum absolute atomic E-state index is 0.209. The Morgan fingerprint density at radius 2 is 1.90 bits per heavy atom. The summed E-state index contributed by atoms with van der Waals surface area (Å²) in [5.74, 6) is 0.932. The monoisotopic (exact) mass is 282 g/mol. The lowest BCUT2D eigenvalue weighted by Gasteiger charge is -2.27. The molecule has 1 aliphatic carbocycles. The highest BCUT2D eigenvalue weighted by molar-refractivity contribution is 5.78. The molecular formula is C17H34N2O. The van der Waals surface area contributed by atoms with Crippen molar-refractivity contribution in [3.63, 3.8) is 0 Å². The van der Waals surface area contributed by atoms with Gasteiger partial charge in [0.05, 0.1) is 6.54 Å². The number of nitrogens with one attached hydrogen (secondary N) is 1. The number of nitrogens with zero attached hydrogens (tertiary/aromatic N) is 1. The van der Waals surface area contributed by atoms with Gasteiger partial charge in [-0.05, 0) is 45.6 Å². The first kappa shape index (κ1) is 17.5. The van der Waals surface area contributed by atoms with Crippen molar-refractivity contribution < 1.29 is 4.79 Å². The maximum Gasteiger partial charge on any atom is 0.234 e. The average Bonchev–Trinajstić information content (AvgIpc) is 2.45. The van der Waals surface area contributed by atoms with Crippen molar-refractivity contribution >= 4 is 5.91 Å². The molecule has 118 valence electrons. The number of carbonyl (C=O) groups excluding carboxylic acids is 1. The Balaban J connectivity index is 2.22. The zero-order chi connectivity index (χ0) is 14.8. The molecule has 0 radical (unpaired) electrons. The summed E-state index contributed by atoms with van der Waals surface area (Å²) in [4.78, 5) is 14.4. The minimum atomic E-state index is 0.209. The van der Waals surface area contributed by atoms with Gasteiger partial charge in [0.2, 0.25) is 5.91 Å². The van der Waals surface area contributed by atoms with Crippen molar-refractivity contribution in [2.45, 2.75) is 78.2 Å². The van der Waals surface area contributed by atoms with E-state index in [9.17, 15) is 4.79 Å². The lowest BCUT2D eigenvalue weighted by Crippen LogP contribution is -2.42. The van der Waals surface area contributed by atoms with Gasteiger partial charge in [-0.25, -0.2) is 0 Å². The summed E-state index contributed by atoms with van der Waals surface area (Å²) in [6.07, 6.45) is 10.3. The molecule has 0 spiro atoms. The molecule has 3 heteroatoms. The first-order chi connectivity index (χ1) is 9.63. The highest BCUT2D eigenvalue weighted by Crippen LogP contribution is 2.22. The SMILES string of the molecule is CCCCCN(CC(=O)NCC1CCCCC1)C(C)C. The highest BCUT2D eigenvalue weighted by atomic mass is 16.2. The molecule has 3 nitrogen and oxygen atoms in total. The largest absolute Gasteiger partial charge is 0.355 e. The molecule has 0 bridgehead atoms. The van der Waals surface area contributed by atoms with Crippen LogP contribution in [0.15, 0.2) is 0 Å². The smallest absolute Gasteiger partial charge is 0.234 e. The van der Waals surface area contributed by atoms with Crippen LogP contribution in [0, 0.1) is 5.92 Å². The maximum absolute atomic E-state index is 12.1. The normalized spacial score (nSPS) is 16.9. The average molecular weight is 282 g/mol. The molecule has 0 atom stereocenters. The Hall–Kier alpha value is -0.570. The zero-order valence-electron chi connectivity index (χ0n) is 13.8. The molecule has 1 rings (SSSR count). The standard InChI is InChI=1S/C17H34N2O/c1-4-5-9-12-19(15(2)3)14-17(20)18-13-16-10-7-6-8-11-16/h15-16H,4-14H2,1-3H3,(H,18,20). The Kier molecular flexibility index (Phi) is 8.92. The van der Waals surface area contributed by atoms with Gasteiger partial charge < -0.3 is 5.32 Å². The van der Waals surface area contributed by atoms with Crippen molar-refractivity contribution in [1.82, 2.24) is 10.2 Å². The molecule has 20 heavy (non-hydrogen) atoms. The summed E-state index contributed by atoms with van der Waals surface area (Å²) >= 11 is 0. The van der Waals surface area contributed by atoms with Gasteiger partial charge in [-0.3, -0.25) is 9.69 Å². The van der Waals surface area contributed by atoms with Crippen LogP contribution in [-0.2, 0) is 4.79 Å². The summed E-state index contributed by atoms with van der Waals surface area (Å²) in [6, 6.07) is 0.451. The van der Waals surface area contributed by atoms with Gasteiger partial charge in [-0.1, -0.05) is 39.0 Å². The van der Waals surface area contributed by atoms with Crippen LogP contribution in [0.4, 0.5) is 0 Å². The number of amides is 1. The van der Waals surface area contributed by atoms with Crippen LogP contribution in [0.1, 0.15) is 72.1 Å². The summed E-state index contributed by atoms with van der Waals surface area (Å²) in [5, 5.41) is 3.15. The van der Waals surface area contributed by atoms with E-state index < -0.39 is 0 Å². The van der Waals surface area contributed by atoms with Crippen molar-refractivity contribution in [2.75, 3.05) is 19.6 Å². The second-order valence-electron chi connectivity index (χ2n) is 6.58. The van der Waals surface area contributed by atoms with E-state index in [2.05, 4.69) is 31.0 Å². The Morgan fingerprint density at radius 3 is 2.50 bits per heavy atom. The predicted octanol–water partition coefficient (Wildman–Crippen LogP) is 3.58. The van der Waals surface area contributed by atoms with Gasteiger partial charge in [0.1, 0.15) is 0 Å². The Labute approximate surface area is 125 Å². The predicted molar refractivity (Wildman–Crippen MR) is 85.8 cm³/mol. The van der Waals surface area contributed by atoms with Gasteiger partial charge in [0, 0.05) is 12.6 Å². The van der Waals surface area contributed by atoms with Crippen molar-refractivity contribution in [2.24, 2.45) is 5.92 Å². The minimum Gasteiger partial charge on any atom is -0.355 e. The van der Waals surface area contributed by atoms with Crippen LogP contribution < -0.4 is 5.32 Å². The molecular weight excluding hydrogens is 248 g/mol. The summed E-state index contributed by atoms with van der Waals surface area (Å²) < 4.78 is 0. The second kappa shape index (κ2) is 10.2. The lowest BCUT2D eigenvalue weighted by molar-refractivity contribution is -0.122. The second-order valence-corrected chi connectivity index (χ2v) is 6.58. The number of hydrogen-bond donors (Lipinski definition) is 1. The zero-order valence-corrected chi connectivity index (χ0v) is 13.8. The van der Waals surface area contributed by atoms with E-state index in [4.69, 9.17) is 0 Å². The lowest BCUT2D eigenvalue weighted by atomic mass is 9.89. The van der Waals surface area contributed by atoms with E-state index in [1.165, 1.54) is 51.4 Å². The molecule has 1 fully saturated rings. The van der Waals surface area contributed by atoms with Crippen molar-refractivity contribution in [3.8, 4) is 0 Å². The topological polar surface area (TPSA) is 32.3 Å². The summed E-state index contributed by atoms with van der Waals surface area (Å²) in [6.45, 7) is 9.08. The number of carbonyl (C=O) groups is 1. The molecule has 0 aromatic heterocycles. The maximum atomic E-state index is 12.1. The van der Waals surface area contributed by atoms with Gasteiger partial charge in [-0.2, -0.15) is 0 Å². The molecule has 1 aliphatic rings. The molecule has 1 N–H and O–H groups in total. The summed E-state index contributed by atoms with van der Waals surface area (Å²) in [5.41, 5.74) is 0. The van der Waals surface area contributed by atoms with E-state index in [0.717, 1.165) is 19.0 Å². The van der Waals surface area contributed by atoms with Crippen molar-refractivity contribution in [3.05, 3.63) is 0 Å². The van der Waals surface area contributed by atoms with Crippen LogP contribution in [-0.4, -0.2) is 36.5 Å². The van der Waals surface area contributed by atoms with Gasteiger partial charge in [0.15, 0.2) is 0 Å². The van der Waals surface area contributed by atoms with E-state index >= 15 is 0 Å². The van der Waals surface area contributed by atoms with E-state index in [0.29, 0.717) is 12.6 Å². The molecule has 0 unspecified atom stereocenters. The fourth-order valence-corrected chi connectivity index (χ4v) is 2.97. The third-order valence-corrected chi connectivity index (χ3v) is 4.44. The molecule has 1 saturated carbocycles. The summed E-state index contributed by atoms with van der Waals surface area (Å²) in [7, 11) is 0. The van der Waals surface area contributed by atoms with Crippen LogP contribution >= 0.6 is 0 Å². The van der Waals surface area contributed by atoms with Crippen molar-refractivity contribution in [1.29, 1.82) is 0 Å². The molecule has 0 aromatic rings. The molecule has 0 heterocycles. The third kappa shape index (κ3) is 7.28. The van der Waals surface area contributed by atoms with Gasteiger partial charge in [0.25, 0.3) is 0 Å². The third-order valence-electron chi connectivity index (χ3n) is 4.44. The number of hydrogen-bond acceptors (Lipinski definition) is 2. The highest BCUT2D eigenvalue weighted by Gasteiger charge is 2.16. The molecule has 0 aromatic carbocycles. The fourth-order valence-electron chi connectivity index (χ4n) is 2.97. The van der Waals surface area contributed by atoms with Crippen LogP contribution in [0.25, 0.3) is 0 Å². The molecule has 0 aliphatic heterocycles. The van der Waals surface area contributed by atoms with Crippen LogP contribution in [0.3, 0.4) is 0 Å². The number of unbranched alkanes of at least 4 members (excludes halogenated alkanes) is 2. The van der Waals surface area contributed by atoms with E-state index in [1.54, 1.807) is 0 Å². The van der Waals surface area contributed by atoms with Gasteiger partial charge >= 0.3 is 0 Å². The van der Waals surface area contributed by atoms with E-state index in [1.807, 2.05) is 0 Å². The number of rotatable bonds is 9. The molecule has 0 saturated heterocycles. The quantitative estimate of drug-likeness (QED) is 0.656. The fraction of sp³-hybridized carbons (Fsp3) is 0.941. The van der Waals surface area contributed by atoms with Gasteiger partial charge in [-0.15, -0.1) is 0 Å². The Bertz CT molecular complexity index is 260. The van der Waals surface area contributed by atoms with Crippen LogP contribution in [0.2, 0.25) is 0 Å². The first-order valence-corrected chi connectivity index (χ1v) is 8.64. The van der Waals surface area contributed by atoms with E-state index in [-0.39, 0.29) is 5.91 Å². The first-order valence-electron chi connectivity index (χ1n) is 8.64.